The topological polar surface area (TPSA) is 49.8 Å². The van der Waals surface area contributed by atoms with Gasteiger partial charge < -0.3 is 14.7 Å². The van der Waals surface area contributed by atoms with E-state index in [4.69, 9.17) is 0 Å². The number of aliphatic hydroxyl groups is 1. The van der Waals surface area contributed by atoms with Gasteiger partial charge in [-0.25, -0.2) is 0 Å². The van der Waals surface area contributed by atoms with Crippen molar-refractivity contribution in [2.75, 3.05) is 27.2 Å². The van der Waals surface area contributed by atoms with E-state index >= 15 is 0 Å². The Balaban J connectivity index is 2.15. The molecule has 4 heteroatoms. The maximum atomic E-state index is 11.0. The van der Waals surface area contributed by atoms with E-state index in [2.05, 4.69) is 16.7 Å². The maximum Gasteiger partial charge on any atom is 0.305 e. The third kappa shape index (κ3) is 5.50. The zero-order chi connectivity index (χ0) is 12.7. The van der Waals surface area contributed by atoms with Crippen LogP contribution in [0, 0.1) is 5.92 Å². The number of hydrogen-bond donors (Lipinski definition) is 1. The van der Waals surface area contributed by atoms with Crippen LogP contribution >= 0.6 is 0 Å². The van der Waals surface area contributed by atoms with Crippen molar-refractivity contribution in [3.8, 4) is 0 Å². The van der Waals surface area contributed by atoms with Gasteiger partial charge in [0.25, 0.3) is 0 Å². The van der Waals surface area contributed by atoms with Crippen molar-refractivity contribution >= 4 is 5.97 Å². The third-order valence-corrected chi connectivity index (χ3v) is 3.56. The molecule has 0 radical (unpaired) electrons. The number of esters is 1. The van der Waals surface area contributed by atoms with E-state index in [9.17, 15) is 9.90 Å². The molecule has 17 heavy (non-hydrogen) atoms. The van der Waals surface area contributed by atoms with Gasteiger partial charge in [0.15, 0.2) is 0 Å². The van der Waals surface area contributed by atoms with E-state index in [-0.39, 0.29) is 12.1 Å². The van der Waals surface area contributed by atoms with Crippen molar-refractivity contribution in [2.24, 2.45) is 5.92 Å². The Morgan fingerprint density at radius 3 is 2.76 bits per heavy atom. The minimum atomic E-state index is -0.142. The lowest BCUT2D eigenvalue weighted by molar-refractivity contribution is -0.140. The highest BCUT2D eigenvalue weighted by molar-refractivity contribution is 5.69. The molecule has 4 nitrogen and oxygen atoms in total. The molecule has 0 spiro atoms. The first-order chi connectivity index (χ1) is 8.13. The summed E-state index contributed by atoms with van der Waals surface area (Å²) in [4.78, 5) is 13.2. The molecule has 1 aliphatic carbocycles. The lowest BCUT2D eigenvalue weighted by Crippen LogP contribution is -2.35. The molecule has 1 saturated carbocycles. The summed E-state index contributed by atoms with van der Waals surface area (Å²) in [5, 5.41) is 9.87. The number of rotatable bonds is 6. The summed E-state index contributed by atoms with van der Waals surface area (Å²) in [6, 6.07) is 0. The summed E-state index contributed by atoms with van der Waals surface area (Å²) in [5.41, 5.74) is 0. The number of carbonyl (C=O) groups is 1. The number of carbonyl (C=O) groups excluding carboxylic acids is 1. The first kappa shape index (κ1) is 14.5. The van der Waals surface area contributed by atoms with E-state index in [0.717, 1.165) is 38.8 Å². The monoisotopic (exact) mass is 243 g/mol. The largest absolute Gasteiger partial charge is 0.469 e. The van der Waals surface area contributed by atoms with E-state index in [1.807, 2.05) is 0 Å². The molecule has 1 rings (SSSR count). The molecule has 1 fully saturated rings. The molecule has 0 aromatic heterocycles. The Bertz CT molecular complexity index is 233. The first-order valence-corrected chi connectivity index (χ1v) is 6.57. The summed E-state index contributed by atoms with van der Waals surface area (Å²) in [6.07, 6.45) is 5.64. The number of ether oxygens (including phenoxy) is 1. The molecule has 0 saturated heterocycles. The van der Waals surface area contributed by atoms with Gasteiger partial charge in [-0.1, -0.05) is 12.8 Å². The smallest absolute Gasteiger partial charge is 0.305 e. The third-order valence-electron chi connectivity index (χ3n) is 3.56. The van der Waals surface area contributed by atoms with Gasteiger partial charge in [-0.05, 0) is 38.8 Å². The minimum absolute atomic E-state index is 0.133. The predicted octanol–water partition coefficient (Wildman–Crippen LogP) is 1.42. The zero-order valence-corrected chi connectivity index (χ0v) is 11.0. The summed E-state index contributed by atoms with van der Waals surface area (Å²) < 4.78 is 4.60. The van der Waals surface area contributed by atoms with Crippen LogP contribution in [0.5, 0.6) is 0 Å². The van der Waals surface area contributed by atoms with Crippen molar-refractivity contribution in [3.05, 3.63) is 0 Å². The summed E-state index contributed by atoms with van der Waals surface area (Å²) in [6.45, 7) is 1.82. The molecule has 0 bridgehead atoms. The average molecular weight is 243 g/mol. The van der Waals surface area contributed by atoms with Crippen LogP contribution in [0.2, 0.25) is 0 Å². The zero-order valence-electron chi connectivity index (χ0n) is 11.0. The molecule has 0 heterocycles. The van der Waals surface area contributed by atoms with Crippen LogP contribution in [0.25, 0.3) is 0 Å². The number of aliphatic hydroxyl groups excluding tert-OH is 1. The highest BCUT2D eigenvalue weighted by Crippen LogP contribution is 2.24. The van der Waals surface area contributed by atoms with Crippen LogP contribution in [0.4, 0.5) is 0 Å². The van der Waals surface area contributed by atoms with Gasteiger partial charge in [0.05, 0.1) is 13.2 Å². The van der Waals surface area contributed by atoms with Gasteiger partial charge in [-0.3, -0.25) is 4.79 Å². The van der Waals surface area contributed by atoms with Crippen molar-refractivity contribution in [2.45, 2.75) is 44.6 Å². The Morgan fingerprint density at radius 1 is 1.41 bits per heavy atom. The summed E-state index contributed by atoms with van der Waals surface area (Å²) in [5.74, 6) is 0.267. The fourth-order valence-electron chi connectivity index (χ4n) is 2.49. The van der Waals surface area contributed by atoms with Crippen LogP contribution < -0.4 is 0 Å². The highest BCUT2D eigenvalue weighted by Gasteiger charge is 2.23. The molecule has 0 amide bonds. The second-order valence-corrected chi connectivity index (χ2v) is 5.05. The van der Waals surface area contributed by atoms with E-state index < -0.39 is 0 Å². The Kier molecular flexibility index (Phi) is 6.52. The van der Waals surface area contributed by atoms with E-state index in [1.165, 1.54) is 13.5 Å². The summed E-state index contributed by atoms with van der Waals surface area (Å²) in [7, 11) is 3.48. The Morgan fingerprint density at radius 2 is 2.12 bits per heavy atom. The van der Waals surface area contributed by atoms with Crippen molar-refractivity contribution in [1.29, 1.82) is 0 Å². The van der Waals surface area contributed by atoms with Gasteiger partial charge in [-0.15, -0.1) is 0 Å². The lowest BCUT2D eigenvalue weighted by atomic mass is 9.86. The number of nitrogens with zero attached hydrogens (tertiary/aromatic N) is 1. The molecule has 0 aliphatic heterocycles. The molecule has 0 aromatic carbocycles. The maximum absolute atomic E-state index is 11.0. The second-order valence-electron chi connectivity index (χ2n) is 5.05. The fraction of sp³-hybridized carbons (Fsp3) is 0.923. The fourth-order valence-corrected chi connectivity index (χ4v) is 2.49. The van der Waals surface area contributed by atoms with Gasteiger partial charge >= 0.3 is 5.97 Å². The number of methoxy groups -OCH3 is 1. The number of hydrogen-bond acceptors (Lipinski definition) is 4. The molecule has 0 aromatic rings. The SMILES string of the molecule is COC(=O)CCCN(C)CC1CCCCC1O. The summed E-state index contributed by atoms with van der Waals surface area (Å²) >= 11 is 0. The molecule has 100 valence electrons. The highest BCUT2D eigenvalue weighted by atomic mass is 16.5. The molecule has 2 atom stereocenters. The van der Waals surface area contributed by atoms with Crippen molar-refractivity contribution in [3.63, 3.8) is 0 Å². The Labute approximate surface area is 104 Å². The van der Waals surface area contributed by atoms with E-state index in [0.29, 0.717) is 12.3 Å². The van der Waals surface area contributed by atoms with Crippen LogP contribution in [-0.4, -0.2) is 49.3 Å². The molecular formula is C13H25NO3. The van der Waals surface area contributed by atoms with Crippen LogP contribution in [0.15, 0.2) is 0 Å². The molecule has 1 aliphatic rings. The van der Waals surface area contributed by atoms with E-state index in [1.54, 1.807) is 0 Å². The Hall–Kier alpha value is -0.610. The molecular weight excluding hydrogens is 218 g/mol. The van der Waals surface area contributed by atoms with Gasteiger partial charge in [-0.2, -0.15) is 0 Å². The van der Waals surface area contributed by atoms with Gasteiger partial charge in [0.2, 0.25) is 0 Å². The minimum Gasteiger partial charge on any atom is -0.469 e. The normalized spacial score (nSPS) is 24.9. The van der Waals surface area contributed by atoms with Crippen molar-refractivity contribution < 1.29 is 14.6 Å². The molecule has 1 N–H and O–H groups in total. The standard InChI is InChI=1S/C13H25NO3/c1-14(9-5-8-13(16)17-2)10-11-6-3-4-7-12(11)15/h11-12,15H,3-10H2,1-2H3. The van der Waals surface area contributed by atoms with Crippen molar-refractivity contribution in [1.82, 2.24) is 4.90 Å². The quantitative estimate of drug-likeness (QED) is 0.717. The second kappa shape index (κ2) is 7.67. The van der Waals surface area contributed by atoms with Crippen LogP contribution in [0.3, 0.4) is 0 Å². The van der Waals surface area contributed by atoms with Crippen LogP contribution in [0.1, 0.15) is 38.5 Å². The first-order valence-electron chi connectivity index (χ1n) is 6.57. The van der Waals surface area contributed by atoms with Gasteiger partial charge in [0.1, 0.15) is 0 Å². The average Bonchev–Trinajstić information content (AvgIpc) is 2.32. The van der Waals surface area contributed by atoms with Gasteiger partial charge in [0, 0.05) is 13.0 Å². The van der Waals surface area contributed by atoms with Crippen LogP contribution in [-0.2, 0) is 9.53 Å². The predicted molar refractivity (Wildman–Crippen MR) is 66.7 cm³/mol. The molecule has 2 unspecified atom stereocenters. The lowest BCUT2D eigenvalue weighted by Gasteiger charge is -2.31.